The number of rotatable bonds is 6. The highest BCUT2D eigenvalue weighted by Gasteiger charge is 2.12. The van der Waals surface area contributed by atoms with Crippen LogP contribution < -0.4 is 4.74 Å². The van der Waals surface area contributed by atoms with Crippen molar-refractivity contribution in [1.82, 2.24) is 4.90 Å². The average molecular weight is 458 g/mol. The largest absolute Gasteiger partial charge is 0.504 e. The molecule has 0 atom stereocenters. The number of benzene rings is 2. The fraction of sp³-hybridized carbons (Fsp3) is 0.300. The Labute approximate surface area is 183 Å². The molecule has 0 bridgehead atoms. The molecule has 2 aromatic rings. The van der Waals surface area contributed by atoms with E-state index in [1.165, 1.54) is 12.1 Å². The first-order valence-corrected chi connectivity index (χ1v) is 9.68. The molecule has 30 heavy (non-hydrogen) atoms. The summed E-state index contributed by atoms with van der Waals surface area (Å²) in [4.78, 5) is 23.1. The van der Waals surface area contributed by atoms with E-state index in [4.69, 9.17) is 42.9 Å². The maximum Gasteiger partial charge on any atom is 0.162 e. The molecule has 2 aromatic carbocycles. The van der Waals surface area contributed by atoms with E-state index in [9.17, 15) is 14.7 Å². The maximum absolute atomic E-state index is 10.7. The Hall–Kier alpha value is -2.52. The first kappa shape index (κ1) is 23.8. The SMILES string of the molecule is O=Cc1cc(O)c(O)cc1Cl.O=Cc1cc(O)c(OCCN2CCOCC2)cc1Cl. The van der Waals surface area contributed by atoms with Crippen LogP contribution in [0.25, 0.3) is 0 Å². The van der Waals surface area contributed by atoms with Gasteiger partial charge in [-0.15, -0.1) is 0 Å². The molecule has 0 spiro atoms. The number of halogens is 2. The van der Waals surface area contributed by atoms with Crippen LogP contribution in [0.1, 0.15) is 20.7 Å². The van der Waals surface area contributed by atoms with Crippen molar-refractivity contribution in [3.63, 3.8) is 0 Å². The number of phenolic OH excluding ortho intramolecular Hbond substituents is 3. The predicted molar refractivity (Wildman–Crippen MR) is 111 cm³/mol. The van der Waals surface area contributed by atoms with E-state index >= 15 is 0 Å². The van der Waals surface area contributed by atoms with Crippen LogP contribution in [-0.4, -0.2) is 72.2 Å². The molecule has 0 amide bonds. The van der Waals surface area contributed by atoms with Gasteiger partial charge in [0, 0.05) is 42.9 Å². The van der Waals surface area contributed by atoms with Crippen LogP contribution in [-0.2, 0) is 4.74 Å². The van der Waals surface area contributed by atoms with Crippen LogP contribution in [0.15, 0.2) is 24.3 Å². The van der Waals surface area contributed by atoms with Crippen molar-refractivity contribution >= 4 is 35.8 Å². The minimum atomic E-state index is -0.350. The van der Waals surface area contributed by atoms with Gasteiger partial charge in [-0.1, -0.05) is 23.2 Å². The highest BCUT2D eigenvalue weighted by atomic mass is 35.5. The molecule has 10 heteroatoms. The predicted octanol–water partition coefficient (Wildman–Crippen LogP) is 3.13. The van der Waals surface area contributed by atoms with E-state index in [1.54, 1.807) is 0 Å². The number of phenols is 3. The molecule has 1 aliphatic rings. The molecular formula is C20H21Cl2NO7. The van der Waals surface area contributed by atoms with Crippen LogP contribution in [0.4, 0.5) is 0 Å². The van der Waals surface area contributed by atoms with Gasteiger partial charge in [-0.05, 0) is 12.1 Å². The molecule has 1 heterocycles. The number of carbonyl (C=O) groups excluding carboxylic acids is 2. The number of aldehydes is 2. The second-order valence-corrected chi connectivity index (χ2v) is 7.06. The molecule has 0 saturated carbocycles. The van der Waals surface area contributed by atoms with E-state index in [1.807, 2.05) is 0 Å². The number of ether oxygens (including phenoxy) is 2. The third-order valence-electron chi connectivity index (χ3n) is 4.19. The van der Waals surface area contributed by atoms with E-state index in [2.05, 4.69) is 4.90 Å². The molecule has 0 aromatic heterocycles. The zero-order chi connectivity index (χ0) is 22.1. The van der Waals surface area contributed by atoms with Crippen LogP contribution in [0.3, 0.4) is 0 Å². The summed E-state index contributed by atoms with van der Waals surface area (Å²) in [6, 6.07) is 4.98. The monoisotopic (exact) mass is 457 g/mol. The average Bonchev–Trinajstić information content (AvgIpc) is 2.74. The normalized spacial score (nSPS) is 13.8. The van der Waals surface area contributed by atoms with Gasteiger partial charge in [0.15, 0.2) is 35.6 Å². The van der Waals surface area contributed by atoms with Crippen LogP contribution in [0.2, 0.25) is 10.0 Å². The van der Waals surface area contributed by atoms with Gasteiger partial charge in [-0.3, -0.25) is 14.5 Å². The molecule has 0 unspecified atom stereocenters. The Balaban J connectivity index is 0.000000248. The number of hydrogen-bond acceptors (Lipinski definition) is 8. The summed E-state index contributed by atoms with van der Waals surface area (Å²) < 4.78 is 10.7. The van der Waals surface area contributed by atoms with Gasteiger partial charge in [0.05, 0.1) is 23.3 Å². The van der Waals surface area contributed by atoms with Crippen molar-refractivity contribution in [2.75, 3.05) is 39.5 Å². The second kappa shape index (κ2) is 11.6. The van der Waals surface area contributed by atoms with Crippen molar-refractivity contribution in [2.24, 2.45) is 0 Å². The summed E-state index contributed by atoms with van der Waals surface area (Å²) in [5.74, 6) is -0.463. The number of nitrogens with zero attached hydrogens (tertiary/aromatic N) is 1. The topological polar surface area (TPSA) is 117 Å². The van der Waals surface area contributed by atoms with Gasteiger partial charge in [0.2, 0.25) is 0 Å². The molecule has 0 aliphatic carbocycles. The molecule has 3 N–H and O–H groups in total. The van der Waals surface area contributed by atoms with E-state index in [0.29, 0.717) is 24.9 Å². The smallest absolute Gasteiger partial charge is 0.162 e. The fourth-order valence-electron chi connectivity index (χ4n) is 2.53. The minimum absolute atomic E-state index is 0.0755. The third-order valence-corrected chi connectivity index (χ3v) is 4.85. The van der Waals surface area contributed by atoms with Crippen LogP contribution >= 0.6 is 23.2 Å². The second-order valence-electron chi connectivity index (χ2n) is 6.24. The number of aromatic hydroxyl groups is 3. The molecule has 1 fully saturated rings. The van der Waals surface area contributed by atoms with Crippen LogP contribution in [0.5, 0.6) is 23.0 Å². The van der Waals surface area contributed by atoms with E-state index in [0.717, 1.165) is 45.0 Å². The molecule has 0 radical (unpaired) electrons. The Kier molecular flexibility index (Phi) is 9.19. The zero-order valence-electron chi connectivity index (χ0n) is 15.9. The van der Waals surface area contributed by atoms with Gasteiger partial charge in [-0.2, -0.15) is 0 Å². The lowest BCUT2D eigenvalue weighted by Gasteiger charge is -2.26. The number of carbonyl (C=O) groups is 2. The summed E-state index contributed by atoms with van der Waals surface area (Å²) in [6.07, 6.45) is 1.10. The highest BCUT2D eigenvalue weighted by molar-refractivity contribution is 6.33. The Morgan fingerprint density at radius 2 is 1.43 bits per heavy atom. The van der Waals surface area contributed by atoms with Crippen molar-refractivity contribution in [3.05, 3.63) is 45.4 Å². The lowest BCUT2D eigenvalue weighted by atomic mass is 10.2. The summed E-state index contributed by atoms with van der Waals surface area (Å²) in [5, 5.41) is 27.9. The van der Waals surface area contributed by atoms with Gasteiger partial charge in [-0.25, -0.2) is 0 Å². The minimum Gasteiger partial charge on any atom is -0.504 e. The fourth-order valence-corrected chi connectivity index (χ4v) is 2.93. The van der Waals surface area contributed by atoms with E-state index in [-0.39, 0.29) is 38.4 Å². The molecule has 1 saturated heterocycles. The first-order chi connectivity index (χ1) is 14.3. The maximum atomic E-state index is 10.7. The van der Waals surface area contributed by atoms with Crippen molar-refractivity contribution in [3.8, 4) is 23.0 Å². The first-order valence-electron chi connectivity index (χ1n) is 8.93. The van der Waals surface area contributed by atoms with Gasteiger partial charge >= 0.3 is 0 Å². The Morgan fingerprint density at radius 1 is 0.900 bits per heavy atom. The Bertz CT molecular complexity index is 886. The zero-order valence-corrected chi connectivity index (χ0v) is 17.4. The quantitative estimate of drug-likeness (QED) is 0.447. The summed E-state index contributed by atoms with van der Waals surface area (Å²) in [7, 11) is 0. The van der Waals surface area contributed by atoms with Crippen molar-refractivity contribution in [1.29, 1.82) is 0 Å². The summed E-state index contributed by atoms with van der Waals surface area (Å²) in [6.45, 7) is 4.47. The van der Waals surface area contributed by atoms with Crippen molar-refractivity contribution in [2.45, 2.75) is 0 Å². The van der Waals surface area contributed by atoms with Gasteiger partial charge in [0.1, 0.15) is 6.61 Å². The van der Waals surface area contributed by atoms with Gasteiger partial charge in [0.25, 0.3) is 0 Å². The summed E-state index contributed by atoms with van der Waals surface area (Å²) >= 11 is 11.4. The molecular weight excluding hydrogens is 437 g/mol. The van der Waals surface area contributed by atoms with Crippen LogP contribution in [0, 0.1) is 0 Å². The number of morpholine rings is 1. The van der Waals surface area contributed by atoms with Crippen molar-refractivity contribution < 1.29 is 34.4 Å². The highest BCUT2D eigenvalue weighted by Crippen LogP contribution is 2.32. The molecule has 8 nitrogen and oxygen atoms in total. The molecule has 3 rings (SSSR count). The van der Waals surface area contributed by atoms with E-state index < -0.39 is 0 Å². The lowest BCUT2D eigenvalue weighted by Crippen LogP contribution is -2.38. The molecule has 1 aliphatic heterocycles. The third kappa shape index (κ3) is 6.77. The summed E-state index contributed by atoms with van der Waals surface area (Å²) in [5.41, 5.74) is 0.404. The Morgan fingerprint density at radius 3 is 2.03 bits per heavy atom. The lowest BCUT2D eigenvalue weighted by molar-refractivity contribution is 0.0321. The molecule has 162 valence electrons. The number of hydrogen-bond donors (Lipinski definition) is 3. The standard InChI is InChI=1S/C13H16ClNO4.C7H5ClO3/c14-11-8-13(12(17)7-10(11)9-16)19-6-3-15-1-4-18-5-2-15;8-5-2-7(11)6(10)1-4(5)3-9/h7-9,17H,1-6H2;1-3,10-11H. The van der Waals surface area contributed by atoms with Gasteiger partial charge < -0.3 is 24.8 Å².